The minimum atomic E-state index is -2.67. The van der Waals surface area contributed by atoms with E-state index in [4.69, 9.17) is 0 Å². The molecule has 0 fully saturated rings. The third kappa shape index (κ3) is 2.27. The van der Waals surface area contributed by atoms with Crippen molar-refractivity contribution in [3.05, 3.63) is 65.0 Å². The average molecular weight is 247 g/mol. The first-order valence-corrected chi connectivity index (χ1v) is 5.43. The molecule has 0 N–H and O–H groups in total. The van der Waals surface area contributed by atoms with E-state index >= 15 is 0 Å². The fraction of sp³-hybridized carbons (Fsp3) is 0.143. The molecular weight excluding hydrogens is 236 g/mol. The van der Waals surface area contributed by atoms with Crippen LogP contribution in [0.25, 0.3) is 0 Å². The summed E-state index contributed by atoms with van der Waals surface area (Å²) in [6.07, 6.45) is 0.243. The molecule has 1 aromatic carbocycles. The Morgan fingerprint density at radius 2 is 2.00 bits per heavy atom. The Bertz CT molecular complexity index is 567. The Kier molecular flexibility index (Phi) is 3.46. The summed E-state index contributed by atoms with van der Waals surface area (Å²) in [6, 6.07) is 7.62. The van der Waals surface area contributed by atoms with Crippen LogP contribution >= 0.6 is 0 Å². The minimum absolute atomic E-state index is 0.0699. The highest BCUT2D eigenvalue weighted by molar-refractivity contribution is 6.10. The molecule has 92 valence electrons. The van der Waals surface area contributed by atoms with Crippen LogP contribution in [0.1, 0.15) is 33.5 Å². The fourth-order valence-corrected chi connectivity index (χ4v) is 1.82. The maximum Gasteiger partial charge on any atom is 0.264 e. The number of halogens is 2. The van der Waals surface area contributed by atoms with E-state index in [0.29, 0.717) is 11.1 Å². The van der Waals surface area contributed by atoms with E-state index in [2.05, 4.69) is 4.98 Å². The summed E-state index contributed by atoms with van der Waals surface area (Å²) in [5.41, 5.74) is 0.694. The van der Waals surface area contributed by atoms with Gasteiger partial charge in [-0.2, -0.15) is 0 Å². The smallest absolute Gasteiger partial charge is 0.264 e. The fourth-order valence-electron chi connectivity index (χ4n) is 1.82. The number of aromatic nitrogens is 1. The maximum atomic E-state index is 12.9. The van der Waals surface area contributed by atoms with Crippen molar-refractivity contribution in [1.29, 1.82) is 0 Å². The van der Waals surface area contributed by atoms with E-state index in [1.807, 2.05) is 0 Å². The van der Waals surface area contributed by atoms with Crippen molar-refractivity contribution in [2.45, 2.75) is 13.3 Å². The highest BCUT2D eigenvalue weighted by Crippen LogP contribution is 2.27. The van der Waals surface area contributed by atoms with Crippen molar-refractivity contribution in [3.63, 3.8) is 0 Å². The number of aryl methyl sites for hydroxylation is 1. The molecule has 0 saturated carbocycles. The van der Waals surface area contributed by atoms with Gasteiger partial charge in [-0.15, -0.1) is 0 Å². The molecular formula is C14H11F2NO. The molecule has 1 heterocycles. The zero-order valence-corrected chi connectivity index (χ0v) is 9.73. The minimum Gasteiger partial charge on any atom is -0.289 e. The molecule has 0 aliphatic carbocycles. The van der Waals surface area contributed by atoms with Gasteiger partial charge in [-0.25, -0.2) is 8.78 Å². The predicted octanol–water partition coefficient (Wildman–Crippen LogP) is 3.56. The van der Waals surface area contributed by atoms with E-state index in [1.54, 1.807) is 25.1 Å². The quantitative estimate of drug-likeness (QED) is 0.776. The van der Waals surface area contributed by atoms with Crippen LogP contribution in [-0.2, 0) is 0 Å². The van der Waals surface area contributed by atoms with Crippen LogP contribution in [0.5, 0.6) is 0 Å². The second kappa shape index (κ2) is 5.04. The van der Waals surface area contributed by atoms with Gasteiger partial charge in [0.2, 0.25) is 0 Å². The monoisotopic (exact) mass is 247 g/mol. The molecule has 4 heteroatoms. The topological polar surface area (TPSA) is 30.0 Å². The number of benzene rings is 1. The molecule has 2 aromatic rings. The Hall–Kier alpha value is -2.10. The number of hydrogen-bond donors (Lipinski definition) is 0. The van der Waals surface area contributed by atoms with Gasteiger partial charge in [-0.1, -0.05) is 18.2 Å². The molecule has 0 aliphatic rings. The highest BCUT2D eigenvalue weighted by atomic mass is 19.3. The summed E-state index contributed by atoms with van der Waals surface area (Å²) in [5.74, 6) is -0.420. The van der Waals surface area contributed by atoms with Crippen LogP contribution in [0, 0.1) is 6.92 Å². The molecule has 0 radical (unpaired) electrons. The number of nitrogens with zero attached hydrogens (tertiary/aromatic N) is 1. The molecule has 2 nitrogen and oxygen atoms in total. The number of pyridine rings is 1. The molecule has 1 aromatic heterocycles. The van der Waals surface area contributed by atoms with Crippen LogP contribution < -0.4 is 0 Å². The Balaban J connectivity index is 2.54. The van der Waals surface area contributed by atoms with Gasteiger partial charge in [0.25, 0.3) is 6.43 Å². The lowest BCUT2D eigenvalue weighted by Gasteiger charge is -2.10. The van der Waals surface area contributed by atoms with E-state index < -0.39 is 12.2 Å². The number of rotatable bonds is 3. The van der Waals surface area contributed by atoms with Crippen LogP contribution in [0.15, 0.2) is 42.7 Å². The average Bonchev–Trinajstić information content (AvgIpc) is 2.38. The first-order valence-electron chi connectivity index (χ1n) is 5.43. The Labute approximate surface area is 103 Å². The zero-order valence-electron chi connectivity index (χ0n) is 9.73. The number of ketones is 1. The van der Waals surface area contributed by atoms with Gasteiger partial charge in [0, 0.05) is 29.1 Å². The second-order valence-electron chi connectivity index (χ2n) is 3.91. The van der Waals surface area contributed by atoms with Gasteiger partial charge in [-0.05, 0) is 24.6 Å². The lowest BCUT2D eigenvalue weighted by atomic mass is 9.95. The SMILES string of the molecule is Cc1cccc(C(F)F)c1C(=O)c1cccnc1. The van der Waals surface area contributed by atoms with Crippen molar-refractivity contribution in [3.8, 4) is 0 Å². The van der Waals surface area contributed by atoms with Gasteiger partial charge in [0.1, 0.15) is 0 Å². The van der Waals surface area contributed by atoms with Crippen LogP contribution in [-0.4, -0.2) is 10.8 Å². The lowest BCUT2D eigenvalue weighted by molar-refractivity contribution is 0.102. The van der Waals surface area contributed by atoms with E-state index in [0.717, 1.165) is 0 Å². The third-order valence-corrected chi connectivity index (χ3v) is 2.69. The molecule has 0 atom stereocenters. The van der Waals surface area contributed by atoms with Crippen molar-refractivity contribution in [1.82, 2.24) is 4.98 Å². The summed E-state index contributed by atoms with van der Waals surface area (Å²) in [5, 5.41) is 0. The lowest BCUT2D eigenvalue weighted by Crippen LogP contribution is -2.08. The van der Waals surface area contributed by atoms with Gasteiger partial charge < -0.3 is 0 Å². The van der Waals surface area contributed by atoms with Gasteiger partial charge in [0.15, 0.2) is 5.78 Å². The third-order valence-electron chi connectivity index (χ3n) is 2.69. The molecule has 0 amide bonds. The van der Waals surface area contributed by atoms with E-state index in [1.165, 1.54) is 24.5 Å². The largest absolute Gasteiger partial charge is 0.289 e. The predicted molar refractivity (Wildman–Crippen MR) is 63.8 cm³/mol. The summed E-state index contributed by atoms with van der Waals surface area (Å²) in [4.78, 5) is 16.0. The van der Waals surface area contributed by atoms with Crippen LogP contribution in [0.3, 0.4) is 0 Å². The van der Waals surface area contributed by atoms with Crippen LogP contribution in [0.2, 0.25) is 0 Å². The molecule has 0 unspecified atom stereocenters. The molecule has 0 bridgehead atoms. The maximum absolute atomic E-state index is 12.9. The second-order valence-corrected chi connectivity index (χ2v) is 3.91. The standard InChI is InChI=1S/C14H11F2NO/c1-9-4-2-6-11(14(15)16)12(9)13(18)10-5-3-7-17-8-10/h2-8,14H,1H3. The van der Waals surface area contributed by atoms with Crippen molar-refractivity contribution < 1.29 is 13.6 Å². The van der Waals surface area contributed by atoms with Crippen molar-refractivity contribution in [2.24, 2.45) is 0 Å². The Morgan fingerprint density at radius 1 is 1.22 bits per heavy atom. The van der Waals surface area contributed by atoms with Gasteiger partial charge in [-0.3, -0.25) is 9.78 Å². The van der Waals surface area contributed by atoms with Crippen molar-refractivity contribution >= 4 is 5.78 Å². The first kappa shape index (κ1) is 12.4. The number of hydrogen-bond acceptors (Lipinski definition) is 2. The normalized spacial score (nSPS) is 10.7. The molecule has 2 rings (SSSR count). The van der Waals surface area contributed by atoms with Crippen molar-refractivity contribution in [2.75, 3.05) is 0 Å². The number of alkyl halides is 2. The highest BCUT2D eigenvalue weighted by Gasteiger charge is 2.21. The van der Waals surface area contributed by atoms with Crippen LogP contribution in [0.4, 0.5) is 8.78 Å². The molecule has 0 aliphatic heterocycles. The Morgan fingerprint density at radius 3 is 2.61 bits per heavy atom. The summed E-state index contributed by atoms with van der Waals surface area (Å²) in [7, 11) is 0. The molecule has 18 heavy (non-hydrogen) atoms. The first-order chi connectivity index (χ1) is 8.61. The summed E-state index contributed by atoms with van der Waals surface area (Å²) < 4.78 is 25.8. The van der Waals surface area contributed by atoms with Gasteiger partial charge >= 0.3 is 0 Å². The van der Waals surface area contributed by atoms with E-state index in [9.17, 15) is 13.6 Å². The van der Waals surface area contributed by atoms with Gasteiger partial charge in [0.05, 0.1) is 0 Å². The van der Waals surface area contributed by atoms with E-state index in [-0.39, 0.29) is 11.1 Å². The summed E-state index contributed by atoms with van der Waals surface area (Å²) in [6.45, 7) is 1.65. The number of carbonyl (C=O) groups is 1. The zero-order chi connectivity index (χ0) is 13.1. The summed E-state index contributed by atoms with van der Waals surface area (Å²) >= 11 is 0. The number of carbonyl (C=O) groups excluding carboxylic acids is 1. The molecule has 0 spiro atoms. The molecule has 0 saturated heterocycles.